The van der Waals surface area contributed by atoms with Gasteiger partial charge in [-0.1, -0.05) is 0 Å². The molecule has 0 aromatic carbocycles. The average molecular weight is 239 g/mol. The summed E-state index contributed by atoms with van der Waals surface area (Å²) in [6.07, 6.45) is 3.69. The number of hydrogen-bond donors (Lipinski definition) is 1. The zero-order valence-electron chi connectivity index (χ0n) is 8.80. The van der Waals surface area contributed by atoms with Crippen LogP contribution in [0, 0.1) is 0 Å². The monoisotopic (exact) mass is 239 g/mol. The Kier molecular flexibility index (Phi) is 3.71. The smallest absolute Gasteiger partial charge is 0.311 e. The van der Waals surface area contributed by atoms with Crippen molar-refractivity contribution in [3.63, 3.8) is 0 Å². The average Bonchev–Trinajstić information content (AvgIpc) is 2.30. The van der Waals surface area contributed by atoms with E-state index in [1.807, 2.05) is 11.8 Å². The van der Waals surface area contributed by atoms with Gasteiger partial charge in [0.15, 0.2) is 5.82 Å². The second-order valence-electron chi connectivity index (χ2n) is 3.75. The number of thioether (sulfide) groups is 1. The lowest BCUT2D eigenvalue weighted by Crippen LogP contribution is -2.13. The van der Waals surface area contributed by atoms with E-state index in [0.29, 0.717) is 11.7 Å². The zero-order chi connectivity index (χ0) is 11.4. The van der Waals surface area contributed by atoms with Crippen LogP contribution in [0.2, 0.25) is 0 Å². The van der Waals surface area contributed by atoms with Gasteiger partial charge in [0.25, 0.3) is 0 Å². The van der Waals surface area contributed by atoms with Crippen molar-refractivity contribution < 1.29 is 9.90 Å². The molecule has 0 bridgehead atoms. The molecule has 1 aromatic heterocycles. The van der Waals surface area contributed by atoms with Crippen LogP contribution in [0.15, 0.2) is 6.20 Å². The van der Waals surface area contributed by atoms with E-state index in [9.17, 15) is 4.79 Å². The molecule has 0 unspecified atom stereocenters. The molecule has 2 rings (SSSR count). The molecule has 2 heterocycles. The number of nitrogens with zero attached hydrogens (tertiary/aromatic N) is 3. The lowest BCUT2D eigenvalue weighted by atomic mass is 9.99. The van der Waals surface area contributed by atoms with E-state index in [0.717, 1.165) is 30.0 Å². The van der Waals surface area contributed by atoms with Crippen LogP contribution in [-0.4, -0.2) is 37.8 Å². The minimum atomic E-state index is -0.918. The van der Waals surface area contributed by atoms with Gasteiger partial charge in [0, 0.05) is 5.92 Å². The van der Waals surface area contributed by atoms with Crippen LogP contribution >= 0.6 is 11.8 Å². The highest BCUT2D eigenvalue weighted by Gasteiger charge is 2.18. The van der Waals surface area contributed by atoms with Crippen molar-refractivity contribution in [1.29, 1.82) is 0 Å². The van der Waals surface area contributed by atoms with Crippen LogP contribution in [0.25, 0.3) is 0 Å². The van der Waals surface area contributed by atoms with Crippen LogP contribution in [0.1, 0.15) is 30.3 Å². The Morgan fingerprint density at radius 3 is 2.94 bits per heavy atom. The fourth-order valence-electron chi connectivity index (χ4n) is 1.76. The summed E-state index contributed by atoms with van der Waals surface area (Å²) in [6.45, 7) is 0. The molecule has 0 atom stereocenters. The maximum absolute atomic E-state index is 10.5. The number of carboxylic acid groups (broad SMARTS) is 1. The van der Waals surface area contributed by atoms with Crippen LogP contribution < -0.4 is 0 Å². The normalized spacial score (nSPS) is 17.2. The lowest BCUT2D eigenvalue weighted by molar-refractivity contribution is -0.136. The minimum absolute atomic E-state index is 0.150. The molecule has 1 saturated heterocycles. The summed E-state index contributed by atoms with van der Waals surface area (Å²) in [5.74, 6) is 2.09. The lowest BCUT2D eigenvalue weighted by Gasteiger charge is -2.20. The zero-order valence-corrected chi connectivity index (χ0v) is 9.61. The second-order valence-corrected chi connectivity index (χ2v) is 4.98. The van der Waals surface area contributed by atoms with Crippen molar-refractivity contribution in [2.45, 2.75) is 25.2 Å². The Bertz CT molecular complexity index is 380. The summed E-state index contributed by atoms with van der Waals surface area (Å²) in [7, 11) is 0. The van der Waals surface area contributed by atoms with Crippen molar-refractivity contribution >= 4 is 17.7 Å². The van der Waals surface area contributed by atoms with Crippen molar-refractivity contribution in [1.82, 2.24) is 15.2 Å². The molecule has 86 valence electrons. The molecule has 0 radical (unpaired) electrons. The summed E-state index contributed by atoms with van der Waals surface area (Å²) in [6, 6.07) is 0. The van der Waals surface area contributed by atoms with E-state index in [4.69, 9.17) is 5.11 Å². The summed E-state index contributed by atoms with van der Waals surface area (Å²) in [5, 5.41) is 16.2. The molecule has 1 N–H and O–H groups in total. The first-order chi connectivity index (χ1) is 7.75. The molecule has 1 aliphatic rings. The minimum Gasteiger partial charge on any atom is -0.481 e. The highest BCUT2D eigenvalue weighted by Crippen LogP contribution is 2.29. The van der Waals surface area contributed by atoms with Crippen LogP contribution in [0.4, 0.5) is 0 Å². The third kappa shape index (κ3) is 2.91. The predicted molar refractivity (Wildman–Crippen MR) is 60.5 cm³/mol. The van der Waals surface area contributed by atoms with E-state index in [-0.39, 0.29) is 6.42 Å². The van der Waals surface area contributed by atoms with Crippen molar-refractivity contribution in [3.05, 3.63) is 17.7 Å². The van der Waals surface area contributed by atoms with Crippen molar-refractivity contribution in [2.75, 3.05) is 11.5 Å². The van der Waals surface area contributed by atoms with Crippen molar-refractivity contribution in [3.8, 4) is 0 Å². The SMILES string of the molecule is O=C(O)Cc1nncc(C2CCSCC2)n1. The van der Waals surface area contributed by atoms with Gasteiger partial charge in [-0.25, -0.2) is 4.98 Å². The Morgan fingerprint density at radius 2 is 2.25 bits per heavy atom. The number of carbonyl (C=O) groups is 1. The maximum atomic E-state index is 10.5. The summed E-state index contributed by atoms with van der Waals surface area (Å²) in [5.41, 5.74) is 0.895. The van der Waals surface area contributed by atoms with Gasteiger partial charge in [-0.3, -0.25) is 4.79 Å². The Hall–Kier alpha value is -1.17. The molecular weight excluding hydrogens is 226 g/mol. The topological polar surface area (TPSA) is 76.0 Å². The Labute approximate surface area is 97.7 Å². The van der Waals surface area contributed by atoms with Gasteiger partial charge < -0.3 is 5.11 Å². The fourth-order valence-corrected chi connectivity index (χ4v) is 2.86. The Balaban J connectivity index is 2.11. The molecule has 1 aliphatic heterocycles. The van der Waals surface area contributed by atoms with Gasteiger partial charge in [0.1, 0.15) is 6.42 Å². The molecule has 0 aliphatic carbocycles. The quantitative estimate of drug-likeness (QED) is 0.851. The first-order valence-electron chi connectivity index (χ1n) is 5.24. The second kappa shape index (κ2) is 5.25. The number of aliphatic carboxylic acids is 1. The third-order valence-electron chi connectivity index (χ3n) is 2.57. The molecule has 1 aromatic rings. The van der Waals surface area contributed by atoms with E-state index in [2.05, 4.69) is 15.2 Å². The number of hydrogen-bond acceptors (Lipinski definition) is 5. The first-order valence-corrected chi connectivity index (χ1v) is 6.39. The van der Waals surface area contributed by atoms with E-state index in [1.165, 1.54) is 0 Å². The van der Waals surface area contributed by atoms with Crippen LogP contribution in [0.3, 0.4) is 0 Å². The number of aromatic nitrogens is 3. The highest BCUT2D eigenvalue weighted by molar-refractivity contribution is 7.99. The molecular formula is C10H13N3O2S. The molecule has 1 fully saturated rings. The predicted octanol–water partition coefficient (Wildman–Crippen LogP) is 1.11. The molecule has 0 saturated carbocycles. The number of carboxylic acids is 1. The molecule has 0 spiro atoms. The van der Waals surface area contributed by atoms with Gasteiger partial charge >= 0.3 is 5.97 Å². The molecule has 16 heavy (non-hydrogen) atoms. The standard InChI is InChI=1S/C10H13N3O2S/c14-10(15)5-9-12-8(6-11-13-9)7-1-3-16-4-2-7/h6-7H,1-5H2,(H,14,15). The van der Waals surface area contributed by atoms with Gasteiger partial charge in [0.05, 0.1) is 11.9 Å². The number of rotatable bonds is 3. The van der Waals surface area contributed by atoms with Gasteiger partial charge in [-0.2, -0.15) is 16.9 Å². The summed E-state index contributed by atoms with van der Waals surface area (Å²) < 4.78 is 0. The van der Waals surface area contributed by atoms with Crippen LogP contribution in [-0.2, 0) is 11.2 Å². The third-order valence-corrected chi connectivity index (χ3v) is 3.62. The van der Waals surface area contributed by atoms with Gasteiger partial charge in [-0.15, -0.1) is 5.10 Å². The van der Waals surface area contributed by atoms with Crippen molar-refractivity contribution in [2.24, 2.45) is 0 Å². The fraction of sp³-hybridized carbons (Fsp3) is 0.600. The highest BCUT2D eigenvalue weighted by atomic mass is 32.2. The summed E-state index contributed by atoms with van der Waals surface area (Å²) in [4.78, 5) is 14.8. The summed E-state index contributed by atoms with van der Waals surface area (Å²) >= 11 is 1.95. The molecule has 6 heteroatoms. The van der Waals surface area contributed by atoms with Gasteiger partial charge in [-0.05, 0) is 24.3 Å². The van der Waals surface area contributed by atoms with E-state index in [1.54, 1.807) is 6.20 Å². The maximum Gasteiger partial charge on any atom is 0.311 e. The largest absolute Gasteiger partial charge is 0.481 e. The first kappa shape index (κ1) is 11.3. The van der Waals surface area contributed by atoms with Crippen LogP contribution in [0.5, 0.6) is 0 Å². The van der Waals surface area contributed by atoms with E-state index < -0.39 is 5.97 Å². The van der Waals surface area contributed by atoms with Gasteiger partial charge in [0.2, 0.25) is 0 Å². The molecule has 5 nitrogen and oxygen atoms in total. The molecule has 0 amide bonds. The van der Waals surface area contributed by atoms with E-state index >= 15 is 0 Å². The Morgan fingerprint density at radius 1 is 1.50 bits per heavy atom.